The Morgan fingerprint density at radius 1 is 1.36 bits per heavy atom. The van der Waals surface area contributed by atoms with Gasteiger partial charge in [-0.25, -0.2) is 9.99 Å². The second-order valence-corrected chi connectivity index (χ2v) is 6.95. The van der Waals surface area contributed by atoms with Crippen molar-refractivity contribution in [2.24, 2.45) is 5.84 Å². The molecule has 10 N–H and O–H groups in total. The van der Waals surface area contributed by atoms with Crippen LogP contribution in [0.5, 0.6) is 0 Å². The van der Waals surface area contributed by atoms with Crippen LogP contribution in [0.3, 0.4) is 0 Å². The van der Waals surface area contributed by atoms with E-state index in [-0.39, 0.29) is 31.1 Å². The average Bonchev–Trinajstić information content (AvgIpc) is 2.88. The number of aliphatic hydroxyl groups excluding tert-OH is 3. The topological polar surface area (TPSA) is 178 Å². The van der Waals surface area contributed by atoms with E-state index in [1.54, 1.807) is 0 Å². The number of nitrogens with zero attached hydrogens (tertiary/aromatic N) is 2. The number of nitrogens with two attached hydrogens (primary N) is 3. The van der Waals surface area contributed by atoms with E-state index >= 15 is 0 Å². The number of rotatable bonds is 8. The molecule has 1 aromatic rings. The summed E-state index contributed by atoms with van der Waals surface area (Å²) in [7, 11) is 0. The van der Waals surface area contributed by atoms with Gasteiger partial charge in [0.05, 0.1) is 19.3 Å². The summed E-state index contributed by atoms with van der Waals surface area (Å²) in [5, 5.41) is 31.1. The predicted octanol–water partition coefficient (Wildman–Crippen LogP) is -1.89. The molecule has 2 rings (SSSR count). The fourth-order valence-corrected chi connectivity index (χ4v) is 3.47. The molecule has 1 aromatic heterocycles. The molecule has 0 radical (unpaired) electrons. The van der Waals surface area contributed by atoms with Crippen LogP contribution in [0.1, 0.15) is 19.8 Å². The van der Waals surface area contributed by atoms with E-state index < -0.39 is 24.4 Å². The highest BCUT2D eigenvalue weighted by Gasteiger charge is 2.47. The van der Waals surface area contributed by atoms with Crippen molar-refractivity contribution in [1.29, 1.82) is 0 Å². The van der Waals surface area contributed by atoms with Crippen molar-refractivity contribution in [2.75, 3.05) is 35.4 Å². The first-order valence-corrected chi connectivity index (χ1v) is 9.12. The van der Waals surface area contributed by atoms with Crippen molar-refractivity contribution in [3.8, 4) is 0 Å². The number of hydrogen-bond acceptors (Lipinski definition) is 10. The third kappa shape index (κ3) is 4.43. The van der Waals surface area contributed by atoms with Crippen molar-refractivity contribution in [1.82, 2.24) is 4.98 Å². The first kappa shape index (κ1) is 19.9. The Bertz CT molecular complexity index is 580. The second-order valence-electron chi connectivity index (χ2n) is 5.86. The van der Waals surface area contributed by atoms with E-state index in [0.717, 1.165) is 12.2 Å². The van der Waals surface area contributed by atoms with Gasteiger partial charge in [-0.15, -0.1) is 0 Å². The monoisotopic (exact) mass is 375 g/mol. The maximum atomic E-state index is 10.3. The number of aliphatic hydroxyl groups is 3. The fraction of sp³-hybridized carbons (Fsp3) is 0.714. The van der Waals surface area contributed by atoms with Gasteiger partial charge < -0.3 is 31.5 Å². The molecule has 0 bridgehead atoms. The summed E-state index contributed by atoms with van der Waals surface area (Å²) in [6, 6.07) is -0.636. The number of ether oxygens (including phenoxy) is 1. The minimum atomic E-state index is -1.14. The summed E-state index contributed by atoms with van der Waals surface area (Å²) >= 11 is 1.48. The lowest BCUT2D eigenvalue weighted by Gasteiger charge is -2.23. The largest absolute Gasteiger partial charge is 0.394 e. The lowest BCUT2D eigenvalue weighted by molar-refractivity contribution is -0.419. The third-order valence-corrected chi connectivity index (χ3v) is 5.14. The first-order valence-electron chi connectivity index (χ1n) is 8.14. The second kappa shape index (κ2) is 8.83. The molecule has 1 aliphatic rings. The number of aromatic nitrogens is 2. The Balaban J connectivity index is 2.21. The molecule has 1 saturated carbocycles. The predicted molar refractivity (Wildman–Crippen MR) is 94.5 cm³/mol. The van der Waals surface area contributed by atoms with Crippen molar-refractivity contribution in [3.05, 3.63) is 0 Å². The average molecular weight is 375 g/mol. The number of hydrogen-bond donors (Lipinski definition) is 6. The number of nitrogen functional groups attached to an aromatic ring is 2. The third-order valence-electron chi connectivity index (χ3n) is 4.06. The first-order chi connectivity index (χ1) is 11.9. The number of thioether (sulfide) groups is 1. The van der Waals surface area contributed by atoms with E-state index in [1.165, 1.54) is 16.8 Å². The summed E-state index contributed by atoms with van der Waals surface area (Å²) < 4.78 is 5.36. The van der Waals surface area contributed by atoms with Crippen molar-refractivity contribution in [2.45, 2.75) is 49.3 Å². The van der Waals surface area contributed by atoms with Gasteiger partial charge in [-0.2, -0.15) is 5.84 Å². The highest BCUT2D eigenvalue weighted by atomic mass is 32.2. The molecule has 142 valence electrons. The van der Waals surface area contributed by atoms with Gasteiger partial charge in [-0.05, 0) is 6.42 Å². The quantitative estimate of drug-likeness (QED) is 0.130. The van der Waals surface area contributed by atoms with Gasteiger partial charge in [-0.3, -0.25) is 0 Å². The molecule has 0 saturated heterocycles. The lowest BCUT2D eigenvalue weighted by atomic mass is 10.2. The number of nitrogens with one attached hydrogen (secondary N) is 1. The lowest BCUT2D eigenvalue weighted by Crippen LogP contribution is -2.50. The highest BCUT2D eigenvalue weighted by molar-refractivity contribution is 7.99. The van der Waals surface area contributed by atoms with Crippen LogP contribution in [0.2, 0.25) is 0 Å². The van der Waals surface area contributed by atoms with Gasteiger partial charge in [0.25, 0.3) is 11.0 Å². The molecule has 0 aromatic carbocycles. The zero-order valence-electron chi connectivity index (χ0n) is 14.1. The standard InChI is InChI=1S/C14H26N6O4S/c1-2-5-25-14-18-12(16)9(15)13(19-14)20(17)7-6-8(24-4-3-21)11(23)10(7)22/h7-8,10-11,21-23H,2-6,15,17H2,1H3,(H2,16,18,19)/p+1. The Morgan fingerprint density at radius 3 is 2.72 bits per heavy atom. The van der Waals surface area contributed by atoms with Crippen LogP contribution < -0.4 is 27.3 Å². The van der Waals surface area contributed by atoms with Crippen molar-refractivity contribution < 1.29 is 25.0 Å². The Morgan fingerprint density at radius 2 is 2.08 bits per heavy atom. The van der Waals surface area contributed by atoms with E-state index in [4.69, 9.17) is 27.2 Å². The van der Waals surface area contributed by atoms with E-state index in [0.29, 0.717) is 11.0 Å². The van der Waals surface area contributed by atoms with Crippen LogP contribution in [0.15, 0.2) is 5.16 Å². The number of hydrazine groups is 1. The van der Waals surface area contributed by atoms with E-state index in [2.05, 4.69) is 9.97 Å². The maximum Gasteiger partial charge on any atom is 0.298 e. The molecule has 25 heavy (non-hydrogen) atoms. The van der Waals surface area contributed by atoms with Crippen molar-refractivity contribution in [3.63, 3.8) is 0 Å². The Kier molecular flexibility index (Phi) is 7.04. The van der Waals surface area contributed by atoms with Gasteiger partial charge in [-0.1, -0.05) is 23.7 Å². The molecule has 4 atom stereocenters. The molecule has 11 heteroatoms. The molecule has 10 nitrogen and oxygen atoms in total. The highest BCUT2D eigenvalue weighted by Crippen LogP contribution is 2.31. The molecule has 1 aliphatic carbocycles. The van der Waals surface area contributed by atoms with Crippen LogP contribution in [-0.4, -0.2) is 63.6 Å². The Hall–Kier alpha value is -1.37. The summed E-state index contributed by atoms with van der Waals surface area (Å²) in [5.41, 5.74) is 12.0. The molecule has 0 spiro atoms. The summed E-state index contributed by atoms with van der Waals surface area (Å²) in [5.74, 6) is 7.48. The maximum absolute atomic E-state index is 10.3. The molecule has 0 amide bonds. The van der Waals surface area contributed by atoms with Crippen LogP contribution in [-0.2, 0) is 4.74 Å². The van der Waals surface area contributed by atoms with Crippen molar-refractivity contribution >= 4 is 29.1 Å². The fourth-order valence-electron chi connectivity index (χ4n) is 2.74. The summed E-state index contributed by atoms with van der Waals surface area (Å²) in [4.78, 5) is 7.22. The summed E-state index contributed by atoms with van der Waals surface area (Å²) in [6.45, 7) is 1.95. The molecule has 0 aliphatic heterocycles. The van der Waals surface area contributed by atoms with Gasteiger partial charge >= 0.3 is 0 Å². The van der Waals surface area contributed by atoms with Crippen LogP contribution in [0, 0.1) is 0 Å². The van der Waals surface area contributed by atoms with E-state index in [1.807, 2.05) is 6.92 Å². The minimum absolute atomic E-state index is 0.0695. The molecule has 1 heterocycles. The summed E-state index contributed by atoms with van der Waals surface area (Å²) in [6.07, 6.45) is -1.65. The van der Waals surface area contributed by atoms with Crippen LogP contribution in [0.4, 0.5) is 17.3 Å². The normalized spacial score (nSPS) is 26.1. The molecule has 4 unspecified atom stereocenters. The number of aromatic amines is 1. The smallest absolute Gasteiger partial charge is 0.298 e. The van der Waals surface area contributed by atoms with Gasteiger partial charge in [0.2, 0.25) is 5.82 Å². The Labute approximate surface area is 150 Å². The zero-order valence-corrected chi connectivity index (χ0v) is 14.9. The molecule has 1 fully saturated rings. The SMILES string of the molecule is CCCSc1nc(N)c(N)c(N(N)C2CC(OCCO)C(O)C2O)[nH+]1. The minimum Gasteiger partial charge on any atom is -0.394 e. The van der Waals surface area contributed by atoms with E-state index in [9.17, 15) is 10.2 Å². The van der Waals surface area contributed by atoms with Gasteiger partial charge in [0, 0.05) is 12.2 Å². The number of anilines is 3. The van der Waals surface area contributed by atoms with Gasteiger partial charge in [0.15, 0.2) is 5.69 Å². The van der Waals surface area contributed by atoms with Gasteiger partial charge in [0.1, 0.15) is 18.2 Å². The van der Waals surface area contributed by atoms with Crippen LogP contribution in [0.25, 0.3) is 0 Å². The molecular weight excluding hydrogens is 348 g/mol. The van der Waals surface area contributed by atoms with Crippen LogP contribution >= 0.6 is 11.8 Å². The number of H-pyrrole nitrogens is 1. The molecular formula is C14H27N6O4S+. The zero-order chi connectivity index (χ0) is 18.6.